The number of hydrogen-bond acceptors (Lipinski definition) is 1. The molecule has 57 heavy (non-hydrogen) atoms. The number of phenols is 1. The van der Waals surface area contributed by atoms with Crippen molar-refractivity contribution >= 4 is 10.8 Å². The van der Waals surface area contributed by atoms with Crippen LogP contribution >= 0.6 is 0 Å². The third-order valence-corrected chi connectivity index (χ3v) is 6.94. The molecule has 2 aromatic rings. The molecule has 0 saturated heterocycles. The Morgan fingerprint density at radius 3 is 0.877 bits per heavy atom. The number of fused-ring (bicyclic) bond motifs is 1. The van der Waals surface area contributed by atoms with Crippen molar-refractivity contribution in [2.24, 2.45) is 0 Å². The summed E-state index contributed by atoms with van der Waals surface area (Å²) in [4.78, 5) is 0. The van der Waals surface area contributed by atoms with Crippen LogP contribution in [0.25, 0.3) is 10.8 Å². The average Bonchev–Trinajstić information content (AvgIpc) is 2.82. The summed E-state index contributed by atoms with van der Waals surface area (Å²) in [7, 11) is 0. The smallest absolute Gasteiger partial charge is 0.0449 e. The molecule has 0 fully saturated rings. The summed E-state index contributed by atoms with van der Waals surface area (Å²) in [6.07, 6.45) is 27.7. The van der Waals surface area contributed by atoms with E-state index in [1.807, 2.05) is 30.3 Å². The van der Waals surface area contributed by atoms with Gasteiger partial charge in [-0.3, -0.25) is 0 Å². The van der Waals surface area contributed by atoms with Gasteiger partial charge in [0, 0.05) is 823 Å². The number of aryl methyl sites for hydroxylation is 1. The molecule has 0 unspecified atom stereocenters. The molecule has 0 aliphatic carbocycles. The van der Waals surface area contributed by atoms with Gasteiger partial charge in [-0.05, 0) is 0 Å². The van der Waals surface area contributed by atoms with E-state index in [4.69, 9.17) is 0 Å². The Morgan fingerprint density at radius 2 is 0.596 bits per heavy atom. The van der Waals surface area contributed by atoms with Crippen LogP contribution in [0.15, 0.2) is 30.3 Å². The third kappa shape index (κ3) is 104. The first-order chi connectivity index (χ1) is 15.8. The molecule has 0 aliphatic heterocycles. The van der Waals surface area contributed by atoms with E-state index < -0.39 is 0 Å². The first kappa shape index (κ1) is 160. The maximum absolute atomic E-state index is 10.5. The molecule has 1 N–H and O–H groups in total. The van der Waals surface area contributed by atoms with Crippen LogP contribution in [0.2, 0.25) is 0 Å². The van der Waals surface area contributed by atoms with Gasteiger partial charge in [-0.2, -0.15) is 0 Å². The standard InChI is InChI=1S/C31H49O.25Y/c1-2-3-4-5-6-7-8-9-10-11-12-13-14-15-16-17-18-19-20-24-29-27-26-28-23-21-22-25-30(28)31(29)32;;;;;;;;;;;;;;;;;;;;;;;;;/h21-23,25,27,32H,2-20,24H2,1H3;;;;;;;;;;;;;;;;;;;;;;;;;/q-1;;;;;;;;;;;;;;;;;;;;;;;;;. The number of benzene rings is 2. The summed E-state index contributed by atoms with van der Waals surface area (Å²) in [6, 6.07) is 13.3. The van der Waals surface area contributed by atoms with E-state index in [9.17, 15) is 5.11 Å². The van der Waals surface area contributed by atoms with Gasteiger partial charge in [0.2, 0.25) is 0 Å². The predicted octanol–water partition coefficient (Wildman–Crippen LogP) is 10.3. The van der Waals surface area contributed by atoms with Crippen molar-refractivity contribution in [1.29, 1.82) is 0 Å². The predicted molar refractivity (Wildman–Crippen MR) is 142 cm³/mol. The summed E-state index contributed by atoms with van der Waals surface area (Å²) >= 11 is 0. The Morgan fingerprint density at radius 1 is 0.351 bits per heavy atom. The molecular weight excluding hydrogens is 2610 g/mol. The maximum Gasteiger partial charge on any atom is 0.0449 e. The monoisotopic (exact) mass is 2660 g/mol. The largest absolute Gasteiger partial charge is 0.526 e. The first-order valence-electron chi connectivity index (χ1n) is 13.9. The van der Waals surface area contributed by atoms with Crippen molar-refractivity contribution in [1.82, 2.24) is 0 Å². The van der Waals surface area contributed by atoms with Crippen molar-refractivity contribution in [2.45, 2.75) is 135 Å². The fraction of sp³-hybridized carbons (Fsp3) is 0.677. The molecule has 2 aromatic carbocycles. The van der Waals surface area contributed by atoms with E-state index in [0.717, 1.165) is 22.8 Å². The van der Waals surface area contributed by atoms with E-state index in [1.165, 1.54) is 122 Å². The Labute approximate surface area is 983 Å². The fourth-order valence-electron chi connectivity index (χ4n) is 4.81. The molecule has 2 rings (SSSR count). The fourth-order valence-corrected chi connectivity index (χ4v) is 4.81. The van der Waals surface area contributed by atoms with E-state index in [2.05, 4.69) is 13.0 Å². The Bertz CT molecular complexity index is 761. The summed E-state index contributed by atoms with van der Waals surface area (Å²) in [5.74, 6) is 0.460. The molecule has 0 bridgehead atoms. The second-order valence-corrected chi connectivity index (χ2v) is 9.82. The zero-order valence-electron chi connectivity index (χ0n) is 35.4. The molecule has 0 atom stereocenters. The topological polar surface area (TPSA) is 20.2 Å². The van der Waals surface area contributed by atoms with Crippen LogP contribution in [0, 0.1) is 6.07 Å². The number of hydrogen-bond donors (Lipinski definition) is 1. The normalized spacial score (nSPS) is 6.40. The van der Waals surface area contributed by atoms with E-state index >= 15 is 0 Å². The van der Waals surface area contributed by atoms with Gasteiger partial charge in [0.25, 0.3) is 0 Å². The molecule has 25 radical (unpaired) electrons. The molecule has 255 valence electrons. The van der Waals surface area contributed by atoms with Crippen LogP contribution < -0.4 is 0 Å². The molecule has 0 heterocycles. The van der Waals surface area contributed by atoms with E-state index in [0.29, 0.717) is 5.75 Å². The minimum absolute atomic E-state index is 0. The molecule has 0 aliphatic rings. The summed E-state index contributed by atoms with van der Waals surface area (Å²) in [5.41, 5.74) is 1.05. The van der Waals surface area contributed by atoms with Gasteiger partial charge in [0.05, 0.1) is 0 Å². The SMILES string of the molecule is CCCCCCCCCCCCCCCCCCCCCc1c[c-]c2ccccc2c1O.[Y].[Y].[Y].[Y].[Y].[Y].[Y].[Y].[Y].[Y].[Y].[Y].[Y].[Y].[Y].[Y].[Y].[Y].[Y].[Y].[Y].[Y].[Y].[Y].[Y]. The first-order valence-corrected chi connectivity index (χ1v) is 13.9. The van der Waals surface area contributed by atoms with Crippen LogP contribution in [0.4, 0.5) is 0 Å². The zero-order valence-corrected chi connectivity index (χ0v) is 106. The third-order valence-electron chi connectivity index (χ3n) is 6.94. The van der Waals surface area contributed by atoms with Crippen molar-refractivity contribution < 1.29 is 823 Å². The summed E-state index contributed by atoms with van der Waals surface area (Å²) in [6.45, 7) is 2.29. The van der Waals surface area contributed by atoms with Gasteiger partial charge in [-0.1, -0.05) is 158 Å². The van der Waals surface area contributed by atoms with E-state index in [1.54, 1.807) is 0 Å². The van der Waals surface area contributed by atoms with Crippen LogP contribution in [0.3, 0.4) is 0 Å². The van der Waals surface area contributed by atoms with Crippen LogP contribution in [-0.4, -0.2) is 5.11 Å². The summed E-state index contributed by atoms with van der Waals surface area (Å²) in [5, 5.41) is 12.4. The van der Waals surface area contributed by atoms with Gasteiger partial charge in [-0.25, -0.2) is 0 Å². The second-order valence-electron chi connectivity index (χ2n) is 9.82. The Kier molecular flexibility index (Phi) is 370. The van der Waals surface area contributed by atoms with E-state index in [-0.39, 0.29) is 818 Å². The van der Waals surface area contributed by atoms with Gasteiger partial charge in [0.1, 0.15) is 0 Å². The van der Waals surface area contributed by atoms with Crippen LogP contribution in [-0.2, 0) is 824 Å². The molecular formula is C31H49OY25-. The molecule has 0 amide bonds. The average molecular weight is 2660 g/mol. The zero-order chi connectivity index (χ0) is 22.7. The number of unbranched alkanes of at least 4 members (excludes halogenated alkanes) is 18. The second kappa shape index (κ2) is 131. The Hall–Kier alpha value is 26.1. The quantitative estimate of drug-likeness (QED) is 0.104. The minimum atomic E-state index is 0. The molecule has 26 heteroatoms. The van der Waals surface area contributed by atoms with Gasteiger partial charge >= 0.3 is 0 Å². The van der Waals surface area contributed by atoms with Crippen molar-refractivity contribution in [3.63, 3.8) is 0 Å². The van der Waals surface area contributed by atoms with Crippen molar-refractivity contribution in [2.75, 3.05) is 0 Å². The molecule has 0 saturated carbocycles. The van der Waals surface area contributed by atoms with Gasteiger partial charge < -0.3 is 5.11 Å². The molecule has 0 spiro atoms. The maximum atomic E-state index is 10.5. The van der Waals surface area contributed by atoms with Crippen LogP contribution in [0.1, 0.15) is 134 Å². The Balaban J connectivity index is -0.0000000198. The van der Waals surface area contributed by atoms with Crippen molar-refractivity contribution in [3.05, 3.63) is 42.0 Å². The number of rotatable bonds is 20. The van der Waals surface area contributed by atoms with Crippen LogP contribution in [0.5, 0.6) is 5.75 Å². The molecule has 1 nitrogen and oxygen atoms in total. The number of phenolic OH excluding ortho intramolecular Hbond substituents is 1. The van der Waals surface area contributed by atoms with Gasteiger partial charge in [-0.15, -0.1) is 29.7 Å². The number of aromatic hydroxyl groups is 1. The molecule has 0 aromatic heterocycles. The van der Waals surface area contributed by atoms with Crippen molar-refractivity contribution in [3.8, 4) is 5.75 Å². The van der Waals surface area contributed by atoms with Gasteiger partial charge in [0.15, 0.2) is 0 Å². The minimum Gasteiger partial charge on any atom is -0.526 e. The summed E-state index contributed by atoms with van der Waals surface area (Å²) < 4.78 is 0.